The standard InChI is InChI=1S/C3H10O2Si2/c1-2-3-4-7-5-6/h2H,1,3,7H2,6H3. The highest BCUT2D eigenvalue weighted by molar-refractivity contribution is 6.27. The molecule has 0 aromatic heterocycles. The molecule has 0 saturated carbocycles. The Bertz CT molecular complexity index is 48.2. The highest BCUT2D eigenvalue weighted by Gasteiger charge is 1.76. The number of hydrogen-bond acceptors (Lipinski definition) is 2. The Morgan fingerprint density at radius 3 is 3.00 bits per heavy atom. The van der Waals surface area contributed by atoms with Crippen molar-refractivity contribution in [2.45, 2.75) is 0 Å². The highest BCUT2D eigenvalue weighted by atomic mass is 28.3. The summed E-state index contributed by atoms with van der Waals surface area (Å²) in [5.41, 5.74) is 0. The lowest BCUT2D eigenvalue weighted by molar-refractivity contribution is 0.334. The van der Waals surface area contributed by atoms with Gasteiger partial charge in [-0.2, -0.15) is 0 Å². The van der Waals surface area contributed by atoms with E-state index in [1.165, 1.54) is 0 Å². The lowest BCUT2D eigenvalue weighted by Crippen LogP contribution is -2.00. The van der Waals surface area contributed by atoms with Crippen LogP contribution in [-0.2, 0) is 8.54 Å². The Labute approximate surface area is 49.1 Å². The minimum Gasteiger partial charge on any atom is -0.449 e. The van der Waals surface area contributed by atoms with Crippen molar-refractivity contribution >= 4 is 20.5 Å². The molecule has 0 spiro atoms. The third-order valence-corrected chi connectivity index (χ3v) is 1.78. The van der Waals surface area contributed by atoms with Gasteiger partial charge >= 0.3 is 0 Å². The molecule has 0 N–H and O–H groups in total. The van der Waals surface area contributed by atoms with Crippen LogP contribution >= 0.6 is 0 Å². The van der Waals surface area contributed by atoms with Crippen molar-refractivity contribution in [2.75, 3.05) is 6.61 Å². The minimum atomic E-state index is -0.599. The van der Waals surface area contributed by atoms with Crippen molar-refractivity contribution in [2.24, 2.45) is 0 Å². The number of rotatable bonds is 4. The van der Waals surface area contributed by atoms with E-state index in [0.29, 0.717) is 6.61 Å². The van der Waals surface area contributed by atoms with Gasteiger partial charge in [-0.1, -0.05) is 6.08 Å². The first-order chi connectivity index (χ1) is 3.41. The summed E-state index contributed by atoms with van der Waals surface area (Å²) in [6.45, 7) is 4.13. The van der Waals surface area contributed by atoms with Crippen LogP contribution in [0.2, 0.25) is 0 Å². The Kier molecular flexibility index (Phi) is 6.18. The minimum absolute atomic E-state index is 0.599. The Hall–Kier alpha value is 0.0938. The normalized spacial score (nSPS) is 10.9. The second-order valence-electron chi connectivity index (χ2n) is 1.07. The summed E-state index contributed by atoms with van der Waals surface area (Å²) in [5.74, 6) is 0. The average molecular weight is 134 g/mol. The first kappa shape index (κ1) is 7.09. The van der Waals surface area contributed by atoms with Gasteiger partial charge in [0, 0.05) is 0 Å². The molecule has 0 aliphatic carbocycles. The molecular weight excluding hydrogens is 124 g/mol. The van der Waals surface area contributed by atoms with Gasteiger partial charge in [0.2, 0.25) is 0 Å². The van der Waals surface area contributed by atoms with Crippen LogP contribution in [0.4, 0.5) is 0 Å². The molecule has 4 heteroatoms. The van der Waals surface area contributed by atoms with Crippen LogP contribution < -0.4 is 0 Å². The van der Waals surface area contributed by atoms with Crippen LogP contribution in [0.3, 0.4) is 0 Å². The molecule has 0 bridgehead atoms. The van der Waals surface area contributed by atoms with Crippen molar-refractivity contribution in [1.29, 1.82) is 0 Å². The van der Waals surface area contributed by atoms with E-state index in [-0.39, 0.29) is 0 Å². The Balaban J connectivity index is 2.56. The first-order valence-electron chi connectivity index (χ1n) is 2.09. The average Bonchev–Trinajstić information content (AvgIpc) is 1.69. The van der Waals surface area contributed by atoms with E-state index in [4.69, 9.17) is 8.54 Å². The van der Waals surface area contributed by atoms with E-state index in [2.05, 4.69) is 6.58 Å². The van der Waals surface area contributed by atoms with Gasteiger partial charge in [0.1, 0.15) is 10.5 Å². The van der Waals surface area contributed by atoms with Gasteiger partial charge < -0.3 is 8.54 Å². The SMILES string of the molecule is C=CCO[SiH2]O[SiH3]. The Morgan fingerprint density at radius 1 is 1.86 bits per heavy atom. The molecule has 0 aromatic carbocycles. The first-order valence-corrected chi connectivity index (χ1v) is 4.06. The van der Waals surface area contributed by atoms with Crippen LogP contribution in [0.1, 0.15) is 0 Å². The maximum Gasteiger partial charge on any atom is 0.293 e. The molecule has 0 atom stereocenters. The molecule has 7 heavy (non-hydrogen) atoms. The lowest BCUT2D eigenvalue weighted by atomic mass is 10.7. The van der Waals surface area contributed by atoms with Gasteiger partial charge in [0.15, 0.2) is 0 Å². The second-order valence-corrected chi connectivity index (χ2v) is 4.02. The highest BCUT2D eigenvalue weighted by Crippen LogP contribution is 1.68. The summed E-state index contributed by atoms with van der Waals surface area (Å²) in [6.07, 6.45) is 1.73. The fraction of sp³-hybridized carbons (Fsp3) is 0.333. The van der Waals surface area contributed by atoms with E-state index in [0.717, 1.165) is 10.5 Å². The molecular formula is C3H10O2Si2. The van der Waals surface area contributed by atoms with Gasteiger partial charge in [-0.15, -0.1) is 6.58 Å². The van der Waals surface area contributed by atoms with Crippen LogP contribution in [0.15, 0.2) is 12.7 Å². The zero-order chi connectivity index (χ0) is 5.54. The molecule has 0 amide bonds. The van der Waals surface area contributed by atoms with Crippen LogP contribution in [0, 0.1) is 0 Å². The monoisotopic (exact) mass is 134 g/mol. The third-order valence-electron chi connectivity index (χ3n) is 0.437. The molecule has 2 nitrogen and oxygen atoms in total. The fourth-order valence-electron chi connectivity index (χ4n) is 0.215. The molecule has 0 aliphatic heterocycles. The fourth-order valence-corrected chi connectivity index (χ4v) is 1.14. The Morgan fingerprint density at radius 2 is 2.57 bits per heavy atom. The molecule has 0 radical (unpaired) electrons. The number of hydrogen-bond donors (Lipinski definition) is 0. The molecule has 0 aliphatic rings. The largest absolute Gasteiger partial charge is 0.449 e. The quantitative estimate of drug-likeness (QED) is 0.264. The molecule has 0 fully saturated rings. The molecule has 0 unspecified atom stereocenters. The molecule has 42 valence electrons. The van der Waals surface area contributed by atoms with E-state index < -0.39 is 10.0 Å². The second kappa shape index (κ2) is 6.09. The topological polar surface area (TPSA) is 18.5 Å². The summed E-state index contributed by atoms with van der Waals surface area (Å²) in [4.78, 5) is 0. The summed E-state index contributed by atoms with van der Waals surface area (Å²) in [7, 11) is 0.209. The summed E-state index contributed by atoms with van der Waals surface area (Å²) >= 11 is 0. The predicted molar refractivity (Wildman–Crippen MR) is 35.7 cm³/mol. The van der Waals surface area contributed by atoms with Gasteiger partial charge in [-0.3, -0.25) is 0 Å². The van der Waals surface area contributed by atoms with Gasteiger partial charge in [0.05, 0.1) is 6.61 Å². The van der Waals surface area contributed by atoms with Crippen molar-refractivity contribution in [3.8, 4) is 0 Å². The zero-order valence-electron chi connectivity index (χ0n) is 4.52. The summed E-state index contributed by atoms with van der Waals surface area (Å²) in [6, 6.07) is 0. The van der Waals surface area contributed by atoms with Gasteiger partial charge in [0.25, 0.3) is 10.0 Å². The van der Waals surface area contributed by atoms with Gasteiger partial charge in [-0.05, 0) is 0 Å². The third kappa shape index (κ3) is 6.09. The smallest absolute Gasteiger partial charge is 0.293 e. The lowest BCUT2D eigenvalue weighted by Gasteiger charge is -1.94. The van der Waals surface area contributed by atoms with E-state index in [9.17, 15) is 0 Å². The summed E-state index contributed by atoms with van der Waals surface area (Å²) < 4.78 is 9.82. The van der Waals surface area contributed by atoms with Gasteiger partial charge in [-0.25, -0.2) is 0 Å². The van der Waals surface area contributed by atoms with Crippen molar-refractivity contribution in [1.82, 2.24) is 0 Å². The molecule has 0 heterocycles. The van der Waals surface area contributed by atoms with E-state index >= 15 is 0 Å². The van der Waals surface area contributed by atoms with Crippen LogP contribution in [0.25, 0.3) is 0 Å². The molecule has 0 rings (SSSR count). The van der Waals surface area contributed by atoms with Crippen LogP contribution in [-0.4, -0.2) is 27.1 Å². The van der Waals surface area contributed by atoms with Crippen molar-refractivity contribution < 1.29 is 8.54 Å². The summed E-state index contributed by atoms with van der Waals surface area (Å²) in [5, 5.41) is 0. The predicted octanol–water partition coefficient (Wildman–Crippen LogP) is -1.52. The van der Waals surface area contributed by atoms with Crippen molar-refractivity contribution in [3.63, 3.8) is 0 Å². The molecule has 0 aromatic rings. The van der Waals surface area contributed by atoms with Crippen molar-refractivity contribution in [3.05, 3.63) is 12.7 Å². The zero-order valence-corrected chi connectivity index (χ0v) is 7.93. The molecule has 0 saturated heterocycles. The van der Waals surface area contributed by atoms with Crippen LogP contribution in [0.5, 0.6) is 0 Å². The maximum absolute atomic E-state index is 4.97. The van der Waals surface area contributed by atoms with E-state index in [1.807, 2.05) is 0 Å². The van der Waals surface area contributed by atoms with E-state index in [1.54, 1.807) is 6.08 Å². The maximum atomic E-state index is 4.97.